The van der Waals surface area contributed by atoms with E-state index < -0.39 is 0 Å². The van der Waals surface area contributed by atoms with Gasteiger partial charge in [0, 0.05) is 17.6 Å². The molecule has 1 aliphatic carbocycles. The van der Waals surface area contributed by atoms with Crippen molar-refractivity contribution in [1.29, 1.82) is 0 Å². The summed E-state index contributed by atoms with van der Waals surface area (Å²) in [6.07, 6.45) is 1.58. The number of hydrogen-bond donors (Lipinski definition) is 2. The zero-order chi connectivity index (χ0) is 13.3. The van der Waals surface area contributed by atoms with Crippen LogP contribution in [0.15, 0.2) is 12.1 Å². The first-order valence-electron chi connectivity index (χ1n) is 6.23. The maximum Gasteiger partial charge on any atom is 0.227 e. The molecule has 0 aromatic heterocycles. The molecule has 2 rings (SSSR count). The summed E-state index contributed by atoms with van der Waals surface area (Å²) < 4.78 is 5.25. The summed E-state index contributed by atoms with van der Waals surface area (Å²) in [6.45, 7) is 3.98. The monoisotopic (exact) mass is 248 g/mol. The molecule has 1 fully saturated rings. The van der Waals surface area contributed by atoms with Crippen molar-refractivity contribution in [2.75, 3.05) is 12.4 Å². The first-order valence-corrected chi connectivity index (χ1v) is 6.23. The summed E-state index contributed by atoms with van der Waals surface area (Å²) in [5.41, 5.74) is 8.66. The molecule has 0 heterocycles. The summed E-state index contributed by atoms with van der Waals surface area (Å²) >= 11 is 0. The summed E-state index contributed by atoms with van der Waals surface area (Å²) in [5.74, 6) is 0.988. The van der Waals surface area contributed by atoms with Gasteiger partial charge in [-0.2, -0.15) is 0 Å². The van der Waals surface area contributed by atoms with Crippen molar-refractivity contribution in [3.63, 3.8) is 0 Å². The summed E-state index contributed by atoms with van der Waals surface area (Å²) in [4.78, 5) is 12.0. The van der Waals surface area contributed by atoms with Crippen molar-refractivity contribution >= 4 is 11.6 Å². The van der Waals surface area contributed by atoms with Crippen LogP contribution in [0.4, 0.5) is 5.69 Å². The highest BCUT2D eigenvalue weighted by Crippen LogP contribution is 2.30. The van der Waals surface area contributed by atoms with E-state index in [-0.39, 0.29) is 17.9 Å². The molecule has 0 unspecified atom stereocenters. The van der Waals surface area contributed by atoms with E-state index in [4.69, 9.17) is 10.5 Å². The van der Waals surface area contributed by atoms with Crippen LogP contribution in [0.3, 0.4) is 0 Å². The number of carbonyl (C=O) groups is 1. The van der Waals surface area contributed by atoms with Crippen molar-refractivity contribution in [1.82, 2.24) is 0 Å². The second-order valence-corrected chi connectivity index (χ2v) is 4.98. The van der Waals surface area contributed by atoms with Gasteiger partial charge in [0.05, 0.1) is 7.11 Å². The van der Waals surface area contributed by atoms with Crippen LogP contribution in [0.5, 0.6) is 5.75 Å². The smallest absolute Gasteiger partial charge is 0.227 e. The Morgan fingerprint density at radius 1 is 1.33 bits per heavy atom. The molecule has 0 saturated heterocycles. The molecule has 4 heteroatoms. The molecule has 1 aromatic carbocycles. The molecule has 98 valence electrons. The Balaban J connectivity index is 2.10. The van der Waals surface area contributed by atoms with Gasteiger partial charge in [0.1, 0.15) is 5.75 Å². The van der Waals surface area contributed by atoms with Crippen molar-refractivity contribution in [3.05, 3.63) is 23.3 Å². The molecule has 0 aliphatic heterocycles. The number of hydrogen-bond acceptors (Lipinski definition) is 3. The van der Waals surface area contributed by atoms with Crippen LogP contribution in [0.1, 0.15) is 24.0 Å². The van der Waals surface area contributed by atoms with Gasteiger partial charge in [-0.1, -0.05) is 0 Å². The lowest BCUT2D eigenvalue weighted by molar-refractivity contribution is -0.122. The van der Waals surface area contributed by atoms with E-state index in [0.717, 1.165) is 35.4 Å². The molecule has 3 N–H and O–H groups in total. The quantitative estimate of drug-likeness (QED) is 0.859. The van der Waals surface area contributed by atoms with Crippen LogP contribution >= 0.6 is 0 Å². The zero-order valence-electron chi connectivity index (χ0n) is 11.1. The van der Waals surface area contributed by atoms with Gasteiger partial charge in [-0.15, -0.1) is 0 Å². The average Bonchev–Trinajstić information content (AvgIpc) is 2.31. The third kappa shape index (κ3) is 2.34. The largest absolute Gasteiger partial charge is 0.496 e. The third-order valence-corrected chi connectivity index (χ3v) is 3.76. The van der Waals surface area contributed by atoms with Gasteiger partial charge in [-0.3, -0.25) is 4.79 Å². The van der Waals surface area contributed by atoms with E-state index >= 15 is 0 Å². The van der Waals surface area contributed by atoms with E-state index in [1.807, 2.05) is 26.0 Å². The van der Waals surface area contributed by atoms with Crippen LogP contribution in [0.2, 0.25) is 0 Å². The van der Waals surface area contributed by atoms with E-state index in [2.05, 4.69) is 5.32 Å². The first-order chi connectivity index (χ1) is 8.52. The van der Waals surface area contributed by atoms with Crippen molar-refractivity contribution in [2.24, 2.45) is 11.7 Å². The molecule has 0 radical (unpaired) electrons. The van der Waals surface area contributed by atoms with E-state index in [1.165, 1.54) is 0 Å². The number of nitrogens with two attached hydrogens (primary N) is 1. The van der Waals surface area contributed by atoms with Gasteiger partial charge in [-0.05, 0) is 49.9 Å². The molecule has 1 aliphatic rings. The van der Waals surface area contributed by atoms with Gasteiger partial charge in [-0.25, -0.2) is 0 Å². The maximum absolute atomic E-state index is 12.0. The lowest BCUT2D eigenvalue weighted by Gasteiger charge is -2.31. The minimum Gasteiger partial charge on any atom is -0.496 e. The summed E-state index contributed by atoms with van der Waals surface area (Å²) in [6, 6.07) is 3.96. The van der Waals surface area contributed by atoms with Crippen LogP contribution in [0, 0.1) is 19.8 Å². The Bertz CT molecular complexity index is 465. The molecular weight excluding hydrogens is 228 g/mol. The Morgan fingerprint density at radius 2 is 2.00 bits per heavy atom. The average molecular weight is 248 g/mol. The van der Waals surface area contributed by atoms with Gasteiger partial charge in [0.25, 0.3) is 0 Å². The summed E-state index contributed by atoms with van der Waals surface area (Å²) in [5, 5.41) is 2.97. The van der Waals surface area contributed by atoms with Crippen LogP contribution in [-0.2, 0) is 4.79 Å². The Labute approximate surface area is 108 Å². The van der Waals surface area contributed by atoms with Crippen molar-refractivity contribution < 1.29 is 9.53 Å². The van der Waals surface area contributed by atoms with Crippen LogP contribution < -0.4 is 15.8 Å². The van der Waals surface area contributed by atoms with E-state index in [1.54, 1.807) is 7.11 Å². The van der Waals surface area contributed by atoms with Gasteiger partial charge < -0.3 is 15.8 Å². The number of nitrogens with one attached hydrogen (secondary N) is 1. The van der Waals surface area contributed by atoms with Gasteiger partial charge >= 0.3 is 0 Å². The maximum atomic E-state index is 12.0. The molecular formula is C14H20N2O2. The fourth-order valence-corrected chi connectivity index (χ4v) is 2.26. The topological polar surface area (TPSA) is 64.3 Å². The highest BCUT2D eigenvalue weighted by Gasteiger charge is 2.32. The number of benzene rings is 1. The molecule has 0 spiro atoms. The number of rotatable bonds is 3. The third-order valence-electron chi connectivity index (χ3n) is 3.76. The van der Waals surface area contributed by atoms with Crippen LogP contribution in [0.25, 0.3) is 0 Å². The molecule has 4 nitrogen and oxygen atoms in total. The first kappa shape index (κ1) is 12.9. The van der Waals surface area contributed by atoms with E-state index in [0.29, 0.717) is 0 Å². The van der Waals surface area contributed by atoms with Crippen molar-refractivity contribution in [3.8, 4) is 5.75 Å². The highest BCUT2D eigenvalue weighted by molar-refractivity contribution is 5.94. The predicted octanol–water partition coefficient (Wildman–Crippen LogP) is 1.99. The number of anilines is 1. The minimum atomic E-state index is 0.0711. The SMILES string of the molecule is COc1ccc(NC(=O)C2CC(N)C2)c(C)c1C. The normalized spacial score (nSPS) is 22.2. The molecule has 1 amide bonds. The highest BCUT2D eigenvalue weighted by atomic mass is 16.5. The predicted molar refractivity (Wildman–Crippen MR) is 71.8 cm³/mol. The lowest BCUT2D eigenvalue weighted by atomic mass is 9.80. The number of carbonyl (C=O) groups excluding carboxylic acids is 1. The number of amides is 1. The lowest BCUT2D eigenvalue weighted by Crippen LogP contribution is -2.42. The zero-order valence-corrected chi connectivity index (χ0v) is 11.1. The fourth-order valence-electron chi connectivity index (χ4n) is 2.26. The van der Waals surface area contributed by atoms with E-state index in [9.17, 15) is 4.79 Å². The molecule has 0 bridgehead atoms. The second-order valence-electron chi connectivity index (χ2n) is 4.98. The molecule has 18 heavy (non-hydrogen) atoms. The van der Waals surface area contributed by atoms with Crippen molar-refractivity contribution in [2.45, 2.75) is 32.7 Å². The van der Waals surface area contributed by atoms with Gasteiger partial charge in [0.2, 0.25) is 5.91 Å². The Hall–Kier alpha value is -1.55. The fraction of sp³-hybridized carbons (Fsp3) is 0.500. The number of methoxy groups -OCH3 is 1. The Kier molecular flexibility index (Phi) is 3.57. The molecule has 1 aromatic rings. The molecule has 0 atom stereocenters. The van der Waals surface area contributed by atoms with Gasteiger partial charge in [0.15, 0.2) is 0 Å². The molecule has 1 saturated carbocycles. The Morgan fingerprint density at radius 3 is 2.56 bits per heavy atom. The minimum absolute atomic E-state index is 0.0711. The standard InChI is InChI=1S/C14H20N2O2/c1-8-9(2)13(18-3)5-4-12(8)16-14(17)10-6-11(15)7-10/h4-5,10-11H,6-7,15H2,1-3H3,(H,16,17). The summed E-state index contributed by atoms with van der Waals surface area (Å²) in [7, 11) is 1.65. The second kappa shape index (κ2) is 4.98. The van der Waals surface area contributed by atoms with Crippen LogP contribution in [-0.4, -0.2) is 19.1 Å². The number of ether oxygens (including phenoxy) is 1.